The fraction of sp³-hybridized carbons (Fsp3) is 0.467. The van der Waals surface area contributed by atoms with E-state index >= 15 is 0 Å². The Morgan fingerprint density at radius 3 is 2.39 bits per heavy atom. The first-order valence-corrected chi connectivity index (χ1v) is 7.04. The normalized spacial score (nSPS) is 21.3. The summed E-state index contributed by atoms with van der Waals surface area (Å²) in [7, 11) is 0. The van der Waals surface area contributed by atoms with Gasteiger partial charge in [-0.1, -0.05) is 18.2 Å². The molecule has 126 valence electrons. The van der Waals surface area contributed by atoms with Crippen molar-refractivity contribution in [3.8, 4) is 5.75 Å². The number of halogens is 3. The first-order valence-electron chi connectivity index (χ1n) is 7.04. The maximum absolute atomic E-state index is 12.9. The summed E-state index contributed by atoms with van der Waals surface area (Å²) in [6.07, 6.45) is -4.75. The van der Waals surface area contributed by atoms with Crippen LogP contribution in [0.25, 0.3) is 0 Å². The molecule has 1 N–H and O–H groups in total. The summed E-state index contributed by atoms with van der Waals surface area (Å²) >= 11 is 0. The molecule has 0 spiro atoms. The van der Waals surface area contributed by atoms with E-state index < -0.39 is 43.0 Å². The topological polar surface area (TPSA) is 66.8 Å². The number of nitrogens with zero attached hydrogens (tertiary/aromatic N) is 1. The van der Waals surface area contributed by atoms with E-state index in [-0.39, 0.29) is 13.0 Å². The molecule has 0 aliphatic carbocycles. The van der Waals surface area contributed by atoms with E-state index in [9.17, 15) is 22.8 Å². The van der Waals surface area contributed by atoms with Crippen LogP contribution in [0.1, 0.15) is 6.42 Å². The van der Waals surface area contributed by atoms with E-state index in [1.807, 2.05) is 0 Å². The van der Waals surface area contributed by atoms with Crippen molar-refractivity contribution in [1.29, 1.82) is 0 Å². The van der Waals surface area contributed by atoms with Crippen molar-refractivity contribution in [2.75, 3.05) is 19.7 Å². The Balaban J connectivity index is 1.89. The Kier molecular flexibility index (Phi) is 5.12. The highest BCUT2D eigenvalue weighted by Crippen LogP contribution is 2.37. The van der Waals surface area contributed by atoms with E-state index in [2.05, 4.69) is 0 Å². The Morgan fingerprint density at radius 2 is 1.87 bits per heavy atom. The zero-order chi connectivity index (χ0) is 17.0. The minimum absolute atomic E-state index is 0.0216. The number of hydrogen-bond acceptors (Lipinski definition) is 3. The molecule has 1 heterocycles. The number of carboxylic acids is 1. The SMILES string of the molecule is O=C(O)[C@@H]1CN(C(=O)CCOc2ccccc2)C[C@H]1C(F)(F)F. The van der Waals surface area contributed by atoms with Crippen molar-refractivity contribution in [2.24, 2.45) is 11.8 Å². The van der Waals surface area contributed by atoms with Crippen LogP contribution < -0.4 is 4.74 Å². The Hall–Kier alpha value is -2.25. The van der Waals surface area contributed by atoms with Crippen LogP contribution in [-0.2, 0) is 9.59 Å². The lowest BCUT2D eigenvalue weighted by Gasteiger charge is -2.18. The summed E-state index contributed by atoms with van der Waals surface area (Å²) in [5, 5.41) is 8.91. The molecule has 2 atom stereocenters. The van der Waals surface area contributed by atoms with Crippen LogP contribution in [0, 0.1) is 11.8 Å². The number of carbonyl (C=O) groups is 2. The van der Waals surface area contributed by atoms with Gasteiger partial charge in [0.1, 0.15) is 5.75 Å². The van der Waals surface area contributed by atoms with Gasteiger partial charge in [0.05, 0.1) is 24.9 Å². The first-order chi connectivity index (χ1) is 10.8. The highest BCUT2D eigenvalue weighted by molar-refractivity contribution is 5.79. The maximum atomic E-state index is 12.9. The van der Waals surface area contributed by atoms with Crippen LogP contribution in [0.15, 0.2) is 30.3 Å². The molecule has 0 unspecified atom stereocenters. The molecule has 1 aliphatic rings. The van der Waals surface area contributed by atoms with Crippen molar-refractivity contribution in [3.63, 3.8) is 0 Å². The summed E-state index contributed by atoms with van der Waals surface area (Å²) in [6.45, 7) is -1.03. The van der Waals surface area contributed by atoms with Gasteiger partial charge in [0.25, 0.3) is 0 Å². The fourth-order valence-electron chi connectivity index (χ4n) is 2.52. The molecular formula is C15H16F3NO4. The number of benzene rings is 1. The molecule has 1 aromatic rings. The molecule has 0 bridgehead atoms. The first kappa shape index (κ1) is 17.1. The highest BCUT2D eigenvalue weighted by atomic mass is 19.4. The van der Waals surface area contributed by atoms with Gasteiger partial charge in [-0.3, -0.25) is 9.59 Å². The standard InChI is InChI=1S/C15H16F3NO4/c16-15(17,18)12-9-19(8-11(12)14(21)22)13(20)6-7-23-10-4-2-1-3-5-10/h1-5,11-12H,6-9H2,(H,21,22)/t11-,12-/m1/s1. The van der Waals surface area contributed by atoms with Crippen LogP contribution in [0.5, 0.6) is 5.75 Å². The molecule has 5 nitrogen and oxygen atoms in total. The van der Waals surface area contributed by atoms with Gasteiger partial charge in [0.2, 0.25) is 5.91 Å². The number of amides is 1. The zero-order valence-electron chi connectivity index (χ0n) is 12.1. The maximum Gasteiger partial charge on any atom is 0.394 e. The lowest BCUT2D eigenvalue weighted by atomic mass is 9.96. The Morgan fingerprint density at radius 1 is 1.22 bits per heavy atom. The van der Waals surface area contributed by atoms with E-state index in [0.29, 0.717) is 5.75 Å². The van der Waals surface area contributed by atoms with Gasteiger partial charge in [0.15, 0.2) is 0 Å². The van der Waals surface area contributed by atoms with Gasteiger partial charge in [-0.25, -0.2) is 0 Å². The van der Waals surface area contributed by atoms with Gasteiger partial charge in [-0.2, -0.15) is 13.2 Å². The molecule has 1 amide bonds. The average molecular weight is 331 g/mol. The van der Waals surface area contributed by atoms with Crippen LogP contribution in [0.3, 0.4) is 0 Å². The lowest BCUT2D eigenvalue weighted by molar-refractivity contribution is -0.188. The second kappa shape index (κ2) is 6.89. The second-order valence-electron chi connectivity index (χ2n) is 5.30. The molecule has 2 rings (SSSR count). The molecule has 0 aromatic heterocycles. The van der Waals surface area contributed by atoms with Crippen LogP contribution in [0.4, 0.5) is 13.2 Å². The van der Waals surface area contributed by atoms with E-state index in [0.717, 1.165) is 4.90 Å². The third-order valence-electron chi connectivity index (χ3n) is 3.74. The number of alkyl halides is 3. The fourth-order valence-corrected chi connectivity index (χ4v) is 2.52. The monoisotopic (exact) mass is 331 g/mol. The average Bonchev–Trinajstić information content (AvgIpc) is 2.94. The number of likely N-dealkylation sites (tertiary alicyclic amines) is 1. The van der Waals surface area contributed by atoms with Crippen LogP contribution in [0.2, 0.25) is 0 Å². The van der Waals surface area contributed by atoms with Crippen LogP contribution >= 0.6 is 0 Å². The summed E-state index contributed by atoms with van der Waals surface area (Å²) in [4.78, 5) is 23.9. The molecule has 1 fully saturated rings. The molecule has 23 heavy (non-hydrogen) atoms. The number of carbonyl (C=O) groups excluding carboxylic acids is 1. The zero-order valence-corrected chi connectivity index (χ0v) is 12.1. The molecule has 8 heteroatoms. The number of ether oxygens (including phenoxy) is 1. The van der Waals surface area contributed by atoms with Crippen molar-refractivity contribution in [1.82, 2.24) is 4.90 Å². The summed E-state index contributed by atoms with van der Waals surface area (Å²) < 4.78 is 43.9. The van der Waals surface area contributed by atoms with Crippen molar-refractivity contribution in [2.45, 2.75) is 12.6 Å². The van der Waals surface area contributed by atoms with Crippen molar-refractivity contribution >= 4 is 11.9 Å². The third kappa shape index (κ3) is 4.37. The van der Waals surface area contributed by atoms with Crippen molar-refractivity contribution in [3.05, 3.63) is 30.3 Å². The van der Waals surface area contributed by atoms with E-state index in [4.69, 9.17) is 9.84 Å². The summed E-state index contributed by atoms with van der Waals surface area (Å²) in [5.74, 6) is -5.17. The van der Waals surface area contributed by atoms with Crippen molar-refractivity contribution < 1.29 is 32.6 Å². The van der Waals surface area contributed by atoms with E-state index in [1.54, 1.807) is 30.3 Å². The molecule has 1 aromatic carbocycles. The predicted molar refractivity (Wildman–Crippen MR) is 73.8 cm³/mol. The third-order valence-corrected chi connectivity index (χ3v) is 3.74. The molecular weight excluding hydrogens is 315 g/mol. The van der Waals surface area contributed by atoms with Crippen LogP contribution in [-0.4, -0.2) is 47.8 Å². The summed E-state index contributed by atoms with van der Waals surface area (Å²) in [5.41, 5.74) is 0. The quantitative estimate of drug-likeness (QED) is 0.898. The van der Waals surface area contributed by atoms with E-state index in [1.165, 1.54) is 0 Å². The van der Waals surface area contributed by atoms with Gasteiger partial charge in [-0.15, -0.1) is 0 Å². The Bertz CT molecular complexity index is 562. The number of hydrogen-bond donors (Lipinski definition) is 1. The highest BCUT2D eigenvalue weighted by Gasteiger charge is 2.53. The second-order valence-corrected chi connectivity index (χ2v) is 5.30. The number of carboxylic acid groups (broad SMARTS) is 1. The number of rotatable bonds is 5. The Labute approximate surface area is 130 Å². The lowest BCUT2D eigenvalue weighted by Crippen LogP contribution is -2.34. The minimum Gasteiger partial charge on any atom is -0.493 e. The predicted octanol–water partition coefficient (Wildman–Crippen LogP) is 2.18. The largest absolute Gasteiger partial charge is 0.493 e. The molecule has 0 radical (unpaired) electrons. The molecule has 1 saturated heterocycles. The van der Waals surface area contributed by atoms with Gasteiger partial charge >= 0.3 is 12.1 Å². The van der Waals surface area contributed by atoms with Gasteiger partial charge in [-0.05, 0) is 12.1 Å². The number of aliphatic carboxylic acids is 1. The molecule has 1 aliphatic heterocycles. The number of para-hydroxylation sites is 1. The molecule has 0 saturated carbocycles. The smallest absolute Gasteiger partial charge is 0.394 e. The minimum atomic E-state index is -4.64. The summed E-state index contributed by atoms with van der Waals surface area (Å²) in [6, 6.07) is 8.69. The van der Waals surface area contributed by atoms with Gasteiger partial charge < -0.3 is 14.7 Å². The van der Waals surface area contributed by atoms with Gasteiger partial charge in [0, 0.05) is 13.1 Å².